The van der Waals surface area contributed by atoms with Crippen molar-refractivity contribution in [2.75, 3.05) is 26.7 Å². The van der Waals surface area contributed by atoms with Gasteiger partial charge in [0.05, 0.1) is 18.1 Å². The molecular formula is C16H26ClN5O. The van der Waals surface area contributed by atoms with E-state index in [1.165, 1.54) is 0 Å². The molecule has 1 heterocycles. The number of halogens is 1. The second-order valence-electron chi connectivity index (χ2n) is 5.92. The number of nitrogens with zero attached hydrogens (tertiary/aromatic N) is 3. The number of hydrogen-bond donors (Lipinski definition) is 2. The molecule has 23 heavy (non-hydrogen) atoms. The van der Waals surface area contributed by atoms with Crippen LogP contribution >= 0.6 is 11.6 Å². The minimum absolute atomic E-state index is 0.164. The molecule has 1 aromatic heterocycles. The minimum atomic E-state index is 0.164. The molecule has 1 saturated carbocycles. The molecule has 0 saturated heterocycles. The van der Waals surface area contributed by atoms with Crippen LogP contribution in [0.3, 0.4) is 0 Å². The maximum atomic E-state index is 11.6. The van der Waals surface area contributed by atoms with E-state index in [4.69, 9.17) is 11.6 Å². The van der Waals surface area contributed by atoms with Gasteiger partial charge in [-0.05, 0) is 25.8 Å². The van der Waals surface area contributed by atoms with Crippen LogP contribution in [0.5, 0.6) is 0 Å². The number of guanidine groups is 1. The zero-order chi connectivity index (χ0) is 16.8. The molecule has 0 bridgehead atoms. The van der Waals surface area contributed by atoms with Gasteiger partial charge >= 0.3 is 0 Å². The first-order chi connectivity index (χ1) is 11.0. The quantitative estimate of drug-likeness (QED) is 0.450. The molecular weight excluding hydrogens is 314 g/mol. The highest BCUT2D eigenvalue weighted by Gasteiger charge is 2.28. The van der Waals surface area contributed by atoms with Gasteiger partial charge in [0.15, 0.2) is 5.96 Å². The molecule has 2 rings (SSSR count). The van der Waals surface area contributed by atoms with E-state index in [1.807, 2.05) is 37.8 Å². The molecule has 6 nitrogen and oxygen atoms in total. The lowest BCUT2D eigenvalue weighted by Crippen LogP contribution is -2.39. The first kappa shape index (κ1) is 17.7. The van der Waals surface area contributed by atoms with E-state index < -0.39 is 0 Å². The average Bonchev–Trinajstić information content (AvgIpc) is 3.29. The average molecular weight is 340 g/mol. The molecule has 128 valence electrons. The largest absolute Gasteiger partial charge is 0.357 e. The van der Waals surface area contributed by atoms with Crippen molar-refractivity contribution in [1.29, 1.82) is 0 Å². The van der Waals surface area contributed by atoms with E-state index in [0.29, 0.717) is 19.6 Å². The van der Waals surface area contributed by atoms with Crippen LogP contribution in [0, 0.1) is 5.92 Å². The molecule has 1 aromatic rings. The Morgan fingerprint density at radius 2 is 2.22 bits per heavy atom. The van der Waals surface area contributed by atoms with Gasteiger partial charge in [0.25, 0.3) is 0 Å². The molecule has 1 fully saturated rings. The number of carbonyl (C=O) groups is 1. The summed E-state index contributed by atoms with van der Waals surface area (Å²) in [5, 5.41) is 6.94. The summed E-state index contributed by atoms with van der Waals surface area (Å²) in [5.74, 6) is 1.24. The molecule has 2 N–H and O–H groups in total. The fraction of sp³-hybridized carbons (Fsp3) is 0.625. The topological polar surface area (TPSA) is 61.7 Å². The van der Waals surface area contributed by atoms with Crippen molar-refractivity contribution >= 4 is 23.5 Å². The van der Waals surface area contributed by atoms with Crippen LogP contribution in [0.25, 0.3) is 0 Å². The van der Waals surface area contributed by atoms with Crippen LogP contribution in [-0.4, -0.2) is 48.0 Å². The van der Waals surface area contributed by atoms with Gasteiger partial charge in [0.1, 0.15) is 0 Å². The summed E-state index contributed by atoms with van der Waals surface area (Å²) in [6.07, 6.45) is 3.95. The van der Waals surface area contributed by atoms with Gasteiger partial charge in [0, 0.05) is 45.0 Å². The van der Waals surface area contributed by atoms with Crippen molar-refractivity contribution in [1.82, 2.24) is 20.1 Å². The lowest BCUT2D eigenvalue weighted by molar-refractivity contribution is -0.122. The third-order valence-electron chi connectivity index (χ3n) is 3.79. The maximum Gasteiger partial charge on any atom is 0.223 e. The summed E-state index contributed by atoms with van der Waals surface area (Å²) in [4.78, 5) is 18.2. The second-order valence-corrected chi connectivity index (χ2v) is 6.35. The van der Waals surface area contributed by atoms with Crippen molar-refractivity contribution in [3.8, 4) is 0 Å². The number of rotatable bonds is 7. The summed E-state index contributed by atoms with van der Waals surface area (Å²) in [5.41, 5.74) is 1.12. The van der Waals surface area contributed by atoms with Crippen LogP contribution in [0.2, 0.25) is 5.02 Å². The van der Waals surface area contributed by atoms with Gasteiger partial charge in [-0.1, -0.05) is 11.6 Å². The fourth-order valence-electron chi connectivity index (χ4n) is 2.34. The van der Waals surface area contributed by atoms with Gasteiger partial charge in [-0.25, -0.2) is 0 Å². The normalized spacial score (nSPS) is 14.7. The highest BCUT2D eigenvalue weighted by molar-refractivity contribution is 6.30. The molecule has 0 unspecified atom stereocenters. The number of nitrogens with one attached hydrogen (secondary N) is 2. The van der Waals surface area contributed by atoms with Crippen molar-refractivity contribution < 1.29 is 4.79 Å². The van der Waals surface area contributed by atoms with Gasteiger partial charge < -0.3 is 20.1 Å². The Bertz CT molecular complexity index is 565. The van der Waals surface area contributed by atoms with Crippen LogP contribution in [0.4, 0.5) is 0 Å². The zero-order valence-corrected chi connectivity index (χ0v) is 14.9. The summed E-state index contributed by atoms with van der Waals surface area (Å²) in [6, 6.07) is 1.96. The summed E-state index contributed by atoms with van der Waals surface area (Å²) in [6.45, 7) is 4.69. The highest BCUT2D eigenvalue weighted by atomic mass is 35.5. The van der Waals surface area contributed by atoms with Crippen molar-refractivity contribution in [3.63, 3.8) is 0 Å². The molecule has 0 aliphatic heterocycles. The number of aliphatic imine (C=N–C) groups is 1. The SMILES string of the molecule is CCNC(=NCCNC(=O)C1CC1)N(C)Cc1cc(Cl)cn1C. The van der Waals surface area contributed by atoms with E-state index >= 15 is 0 Å². The van der Waals surface area contributed by atoms with Crippen LogP contribution in [0.1, 0.15) is 25.5 Å². The van der Waals surface area contributed by atoms with Crippen molar-refractivity contribution in [2.24, 2.45) is 18.0 Å². The van der Waals surface area contributed by atoms with E-state index in [0.717, 1.165) is 36.1 Å². The number of hydrogen-bond acceptors (Lipinski definition) is 2. The Morgan fingerprint density at radius 3 is 2.78 bits per heavy atom. The Balaban J connectivity index is 1.86. The van der Waals surface area contributed by atoms with Gasteiger partial charge in [-0.2, -0.15) is 0 Å². The van der Waals surface area contributed by atoms with Crippen molar-refractivity contribution in [3.05, 3.63) is 23.0 Å². The molecule has 1 aliphatic carbocycles. The Hall–Kier alpha value is -1.69. The Morgan fingerprint density at radius 1 is 1.48 bits per heavy atom. The first-order valence-corrected chi connectivity index (χ1v) is 8.47. The number of aromatic nitrogens is 1. The lowest BCUT2D eigenvalue weighted by atomic mass is 10.4. The van der Waals surface area contributed by atoms with Crippen molar-refractivity contribution in [2.45, 2.75) is 26.3 Å². The predicted octanol–water partition coefficient (Wildman–Crippen LogP) is 1.60. The fourth-order valence-corrected chi connectivity index (χ4v) is 2.61. The minimum Gasteiger partial charge on any atom is -0.357 e. The van der Waals surface area contributed by atoms with Crippen LogP contribution in [-0.2, 0) is 18.4 Å². The maximum absolute atomic E-state index is 11.6. The van der Waals surface area contributed by atoms with E-state index in [2.05, 4.69) is 20.5 Å². The van der Waals surface area contributed by atoms with Gasteiger partial charge in [0.2, 0.25) is 5.91 Å². The third kappa shape index (κ3) is 5.46. The number of carbonyl (C=O) groups excluding carboxylic acids is 1. The zero-order valence-electron chi connectivity index (χ0n) is 14.1. The van der Waals surface area contributed by atoms with E-state index in [-0.39, 0.29) is 11.8 Å². The molecule has 0 radical (unpaired) electrons. The van der Waals surface area contributed by atoms with E-state index in [1.54, 1.807) is 0 Å². The smallest absolute Gasteiger partial charge is 0.223 e. The lowest BCUT2D eigenvalue weighted by Gasteiger charge is -2.22. The number of amides is 1. The Kier molecular flexibility index (Phi) is 6.33. The molecule has 7 heteroatoms. The summed E-state index contributed by atoms with van der Waals surface area (Å²) >= 11 is 6.03. The van der Waals surface area contributed by atoms with E-state index in [9.17, 15) is 4.79 Å². The Labute approximate surface area is 142 Å². The standard InChI is InChI=1S/C16H26ClN5O/c1-4-18-16(20-8-7-19-15(23)12-5-6-12)22(3)11-14-9-13(17)10-21(14)2/h9-10,12H,4-8,11H2,1-3H3,(H,18,20)(H,19,23). The van der Waals surface area contributed by atoms with Crippen LogP contribution < -0.4 is 10.6 Å². The molecule has 0 atom stereocenters. The summed E-state index contributed by atoms with van der Waals surface area (Å²) in [7, 11) is 3.97. The second kappa shape index (κ2) is 8.24. The molecule has 0 aromatic carbocycles. The molecule has 0 spiro atoms. The monoisotopic (exact) mass is 339 g/mol. The molecule has 1 amide bonds. The summed E-state index contributed by atoms with van der Waals surface area (Å²) < 4.78 is 2.01. The first-order valence-electron chi connectivity index (χ1n) is 8.09. The van der Waals surface area contributed by atoms with Crippen LogP contribution in [0.15, 0.2) is 17.3 Å². The van der Waals surface area contributed by atoms with Gasteiger partial charge in [-0.15, -0.1) is 0 Å². The number of aryl methyl sites for hydroxylation is 1. The third-order valence-corrected chi connectivity index (χ3v) is 4.00. The van der Waals surface area contributed by atoms with Gasteiger partial charge in [-0.3, -0.25) is 9.79 Å². The molecule has 1 aliphatic rings. The highest BCUT2D eigenvalue weighted by Crippen LogP contribution is 2.28. The predicted molar refractivity (Wildman–Crippen MR) is 93.6 cm³/mol.